The Bertz CT molecular complexity index is 1120. The van der Waals surface area contributed by atoms with Crippen molar-refractivity contribution in [1.82, 2.24) is 0 Å². The fourth-order valence-electron chi connectivity index (χ4n) is 3.66. The Labute approximate surface area is 203 Å². The van der Waals surface area contributed by atoms with Gasteiger partial charge < -0.3 is 25.0 Å². The van der Waals surface area contributed by atoms with E-state index in [0.29, 0.717) is 37.7 Å². The average molecular weight is 510 g/mol. The number of fused-ring (bicyclic) bond motifs is 1. The van der Waals surface area contributed by atoms with E-state index in [4.69, 9.17) is 9.47 Å². The molecular formula is C23H22F3N3O5S. The lowest BCUT2D eigenvalue weighted by atomic mass is 10.1. The number of alkyl halides is 3. The largest absolute Gasteiger partial charge is 0.456 e. The molecule has 1 fully saturated rings. The van der Waals surface area contributed by atoms with Crippen molar-refractivity contribution in [1.29, 1.82) is 0 Å². The van der Waals surface area contributed by atoms with Crippen LogP contribution in [0.3, 0.4) is 0 Å². The van der Waals surface area contributed by atoms with Crippen molar-refractivity contribution >= 4 is 46.6 Å². The zero-order valence-corrected chi connectivity index (χ0v) is 19.2. The summed E-state index contributed by atoms with van der Waals surface area (Å²) in [7, 11) is 0. The minimum atomic E-state index is -4.59. The highest BCUT2D eigenvalue weighted by Crippen LogP contribution is 2.37. The van der Waals surface area contributed by atoms with Gasteiger partial charge in [0.15, 0.2) is 6.61 Å². The first-order valence-corrected chi connectivity index (χ1v) is 11.6. The van der Waals surface area contributed by atoms with Crippen LogP contribution in [0.4, 0.5) is 30.2 Å². The average Bonchev–Trinajstić information content (AvgIpc) is 2.83. The summed E-state index contributed by atoms with van der Waals surface area (Å²) in [4.78, 5) is 39.6. The molecule has 2 N–H and O–H groups in total. The number of anilines is 3. The summed E-state index contributed by atoms with van der Waals surface area (Å²) >= 11 is 1.22. The summed E-state index contributed by atoms with van der Waals surface area (Å²) in [6.07, 6.45) is -4.85. The van der Waals surface area contributed by atoms with Crippen LogP contribution in [-0.2, 0) is 30.0 Å². The Kier molecular flexibility index (Phi) is 7.51. The van der Waals surface area contributed by atoms with Gasteiger partial charge in [-0.1, -0.05) is 12.1 Å². The second kappa shape index (κ2) is 10.6. The van der Waals surface area contributed by atoms with Crippen LogP contribution in [0.5, 0.6) is 0 Å². The number of carbonyl (C=O) groups is 3. The molecule has 35 heavy (non-hydrogen) atoms. The first-order chi connectivity index (χ1) is 16.7. The lowest BCUT2D eigenvalue weighted by molar-refractivity contribution is -0.147. The molecule has 0 saturated carbocycles. The maximum absolute atomic E-state index is 13.2. The molecule has 1 atom stereocenters. The summed E-state index contributed by atoms with van der Waals surface area (Å²) in [6.45, 7) is 1.01. The van der Waals surface area contributed by atoms with E-state index in [0.717, 1.165) is 17.0 Å². The van der Waals surface area contributed by atoms with Crippen LogP contribution in [0.2, 0.25) is 0 Å². The highest BCUT2D eigenvalue weighted by molar-refractivity contribution is 8.01. The standard InChI is InChI=1S/C23H22F3N3O5S/c24-23(25,26)14-5-6-17(29-7-9-33-10-8-29)16(11-14)27-20(30)13-34-21(31)12-19-22(32)28-15-3-1-2-4-18(15)35-19/h1-6,11,19H,7-10,12-13H2,(H,27,30)(H,28,32)/t19-/m1/s1. The fraction of sp³-hybridized carbons (Fsp3) is 0.348. The molecule has 0 aromatic heterocycles. The number of benzene rings is 2. The van der Waals surface area contributed by atoms with Gasteiger partial charge in [-0.15, -0.1) is 11.8 Å². The van der Waals surface area contributed by atoms with Gasteiger partial charge in [-0.25, -0.2) is 0 Å². The Morgan fingerprint density at radius 1 is 1.17 bits per heavy atom. The smallest absolute Gasteiger partial charge is 0.416 e. The fourth-order valence-corrected chi connectivity index (χ4v) is 4.76. The number of nitrogens with one attached hydrogen (secondary N) is 2. The summed E-state index contributed by atoms with van der Waals surface area (Å²) in [5, 5.41) is 4.41. The molecule has 2 aromatic rings. The molecule has 2 aliphatic rings. The number of carbonyl (C=O) groups excluding carboxylic acids is 3. The van der Waals surface area contributed by atoms with Crippen LogP contribution in [0.1, 0.15) is 12.0 Å². The third kappa shape index (κ3) is 6.25. The number of nitrogens with zero attached hydrogens (tertiary/aromatic N) is 1. The lowest BCUT2D eigenvalue weighted by Crippen LogP contribution is -2.37. The number of esters is 1. The quantitative estimate of drug-likeness (QED) is 0.575. The number of halogens is 3. The molecule has 2 aliphatic heterocycles. The molecule has 0 spiro atoms. The van der Waals surface area contributed by atoms with E-state index in [-0.39, 0.29) is 18.0 Å². The zero-order valence-electron chi connectivity index (χ0n) is 18.4. The maximum Gasteiger partial charge on any atom is 0.416 e. The second-order valence-corrected chi connectivity index (χ2v) is 9.08. The number of amides is 2. The minimum Gasteiger partial charge on any atom is -0.456 e. The van der Waals surface area contributed by atoms with E-state index < -0.39 is 35.5 Å². The monoisotopic (exact) mass is 509 g/mol. The van der Waals surface area contributed by atoms with Gasteiger partial charge >= 0.3 is 12.1 Å². The summed E-state index contributed by atoms with van der Waals surface area (Å²) in [6, 6.07) is 10.2. The molecule has 2 aromatic carbocycles. The Balaban J connectivity index is 1.37. The molecular weight excluding hydrogens is 487 g/mol. The van der Waals surface area contributed by atoms with Gasteiger partial charge in [0.1, 0.15) is 0 Å². The number of rotatable bonds is 6. The van der Waals surface area contributed by atoms with E-state index >= 15 is 0 Å². The van der Waals surface area contributed by atoms with E-state index in [1.165, 1.54) is 17.8 Å². The van der Waals surface area contributed by atoms with Crippen LogP contribution >= 0.6 is 11.8 Å². The van der Waals surface area contributed by atoms with Gasteiger partial charge in [0.05, 0.1) is 47.5 Å². The number of thioether (sulfide) groups is 1. The summed E-state index contributed by atoms with van der Waals surface area (Å²) in [5.74, 6) is -1.92. The SMILES string of the molecule is O=C(COC(=O)C[C@H]1Sc2ccccc2NC1=O)Nc1cc(C(F)(F)F)ccc1N1CCOCC1. The van der Waals surface area contributed by atoms with Crippen LogP contribution in [0, 0.1) is 0 Å². The Hall–Kier alpha value is -3.25. The number of ether oxygens (including phenoxy) is 2. The number of para-hydroxylation sites is 1. The number of hydrogen-bond acceptors (Lipinski definition) is 7. The molecule has 0 radical (unpaired) electrons. The van der Waals surface area contributed by atoms with Crippen LogP contribution in [0.15, 0.2) is 47.4 Å². The van der Waals surface area contributed by atoms with Crippen molar-refractivity contribution in [3.05, 3.63) is 48.0 Å². The third-order valence-electron chi connectivity index (χ3n) is 5.37. The lowest BCUT2D eigenvalue weighted by Gasteiger charge is -2.31. The molecule has 12 heteroatoms. The van der Waals surface area contributed by atoms with E-state index in [1.807, 2.05) is 17.0 Å². The molecule has 2 heterocycles. The van der Waals surface area contributed by atoms with Gasteiger partial charge in [-0.2, -0.15) is 13.2 Å². The molecule has 0 bridgehead atoms. The second-order valence-electron chi connectivity index (χ2n) is 7.83. The van der Waals surface area contributed by atoms with E-state index in [2.05, 4.69) is 10.6 Å². The Morgan fingerprint density at radius 2 is 1.91 bits per heavy atom. The van der Waals surface area contributed by atoms with Gasteiger partial charge in [0.2, 0.25) is 5.91 Å². The Morgan fingerprint density at radius 3 is 2.66 bits per heavy atom. The van der Waals surface area contributed by atoms with Crippen molar-refractivity contribution in [3.8, 4) is 0 Å². The predicted octanol–water partition coefficient (Wildman–Crippen LogP) is 3.53. The molecule has 2 amide bonds. The molecule has 4 rings (SSSR count). The van der Waals surface area contributed by atoms with Gasteiger partial charge in [-0.3, -0.25) is 14.4 Å². The van der Waals surface area contributed by atoms with Gasteiger partial charge in [0, 0.05) is 18.0 Å². The summed E-state index contributed by atoms with van der Waals surface area (Å²) < 4.78 is 50.0. The molecule has 1 saturated heterocycles. The van der Waals surface area contributed by atoms with Crippen molar-refractivity contribution in [2.24, 2.45) is 0 Å². The molecule has 0 unspecified atom stereocenters. The topological polar surface area (TPSA) is 97.0 Å². The van der Waals surface area contributed by atoms with E-state index in [1.54, 1.807) is 12.1 Å². The van der Waals surface area contributed by atoms with Crippen molar-refractivity contribution < 1.29 is 37.0 Å². The van der Waals surface area contributed by atoms with Gasteiger partial charge in [0.25, 0.3) is 5.91 Å². The third-order valence-corrected chi connectivity index (χ3v) is 6.65. The van der Waals surface area contributed by atoms with Crippen molar-refractivity contribution in [2.45, 2.75) is 22.7 Å². The van der Waals surface area contributed by atoms with Crippen LogP contribution < -0.4 is 15.5 Å². The normalized spacial score (nSPS) is 17.9. The predicted molar refractivity (Wildman–Crippen MR) is 123 cm³/mol. The zero-order chi connectivity index (χ0) is 25.0. The maximum atomic E-state index is 13.2. The van der Waals surface area contributed by atoms with Crippen LogP contribution in [-0.4, -0.2) is 55.9 Å². The van der Waals surface area contributed by atoms with Crippen molar-refractivity contribution in [3.63, 3.8) is 0 Å². The number of morpholine rings is 1. The minimum absolute atomic E-state index is 0.0402. The molecule has 8 nitrogen and oxygen atoms in total. The highest BCUT2D eigenvalue weighted by Gasteiger charge is 2.32. The van der Waals surface area contributed by atoms with Gasteiger partial charge in [-0.05, 0) is 30.3 Å². The highest BCUT2D eigenvalue weighted by atomic mass is 32.2. The van der Waals surface area contributed by atoms with Crippen molar-refractivity contribution in [2.75, 3.05) is 48.4 Å². The summed E-state index contributed by atoms with van der Waals surface area (Å²) in [5.41, 5.74) is 0.114. The first-order valence-electron chi connectivity index (χ1n) is 10.8. The molecule has 0 aliphatic carbocycles. The van der Waals surface area contributed by atoms with E-state index in [9.17, 15) is 27.6 Å². The molecule has 186 valence electrons. The van der Waals surface area contributed by atoms with Crippen LogP contribution in [0.25, 0.3) is 0 Å². The first kappa shape index (κ1) is 24.9. The number of hydrogen-bond donors (Lipinski definition) is 2.